The number of benzene rings is 9. The van der Waals surface area contributed by atoms with Crippen LogP contribution in [0.1, 0.15) is 0 Å². The zero-order chi connectivity index (χ0) is 34.9. The van der Waals surface area contributed by atoms with Crippen LogP contribution in [0.4, 0.5) is 17.1 Å². The van der Waals surface area contributed by atoms with E-state index in [2.05, 4.69) is 204 Å². The van der Waals surface area contributed by atoms with Gasteiger partial charge >= 0.3 is 0 Å². The van der Waals surface area contributed by atoms with Crippen molar-refractivity contribution in [2.24, 2.45) is 0 Å². The van der Waals surface area contributed by atoms with Crippen LogP contribution in [0.25, 0.3) is 80.3 Å². The molecule has 53 heavy (non-hydrogen) atoms. The largest absolute Gasteiger partial charge is 0.310 e. The number of hydrogen-bond acceptors (Lipinski definition) is 2. The summed E-state index contributed by atoms with van der Waals surface area (Å²) in [5.41, 5.74) is 9.39. The van der Waals surface area contributed by atoms with Gasteiger partial charge in [0, 0.05) is 59.1 Å². The first kappa shape index (κ1) is 30.0. The monoisotopic (exact) mass is 692 g/mol. The van der Waals surface area contributed by atoms with Gasteiger partial charge in [0.25, 0.3) is 0 Å². The van der Waals surface area contributed by atoms with Gasteiger partial charge in [-0.1, -0.05) is 127 Å². The highest BCUT2D eigenvalue weighted by molar-refractivity contribution is 7.25. The maximum Gasteiger partial charge on any atom is 0.0625 e. The summed E-state index contributed by atoms with van der Waals surface area (Å²) in [5.74, 6) is 0. The van der Waals surface area contributed by atoms with E-state index in [1.54, 1.807) is 0 Å². The molecule has 0 radical (unpaired) electrons. The summed E-state index contributed by atoms with van der Waals surface area (Å²) in [6, 6.07) is 71.1. The lowest BCUT2D eigenvalue weighted by Gasteiger charge is -2.26. The Balaban J connectivity index is 1.24. The Hall–Kier alpha value is -6.68. The molecule has 0 unspecified atom stereocenters. The Morgan fingerprint density at radius 3 is 1.91 bits per heavy atom. The zero-order valence-corrected chi connectivity index (χ0v) is 29.6. The van der Waals surface area contributed by atoms with Gasteiger partial charge in [-0.05, 0) is 94.0 Å². The summed E-state index contributed by atoms with van der Waals surface area (Å²) in [6.45, 7) is 0. The van der Waals surface area contributed by atoms with E-state index in [1.165, 1.54) is 74.6 Å². The number of nitrogens with zero attached hydrogens (tertiary/aromatic N) is 2. The van der Waals surface area contributed by atoms with E-state index < -0.39 is 0 Å². The quantitative estimate of drug-likeness (QED) is 0.174. The summed E-state index contributed by atoms with van der Waals surface area (Å²) < 4.78 is 5.09. The van der Waals surface area contributed by atoms with E-state index in [1.807, 2.05) is 11.3 Å². The molecule has 2 aromatic heterocycles. The number of para-hydroxylation sites is 1. The molecular weight excluding hydrogens is 661 g/mol. The molecule has 0 aliphatic rings. The van der Waals surface area contributed by atoms with Crippen LogP contribution in [0.2, 0.25) is 0 Å². The molecule has 0 fully saturated rings. The number of fused-ring (bicyclic) bond motifs is 9. The fraction of sp³-hybridized carbons (Fsp3) is 0. The summed E-state index contributed by atoms with van der Waals surface area (Å²) >= 11 is 1.86. The second kappa shape index (κ2) is 11.9. The third kappa shape index (κ3) is 4.78. The van der Waals surface area contributed by atoms with E-state index in [4.69, 9.17) is 0 Å². The van der Waals surface area contributed by atoms with Crippen molar-refractivity contribution in [1.29, 1.82) is 0 Å². The lowest BCUT2D eigenvalue weighted by Crippen LogP contribution is -2.09. The Kier molecular flexibility index (Phi) is 6.76. The highest BCUT2D eigenvalue weighted by Gasteiger charge is 2.22. The molecule has 248 valence electrons. The molecule has 0 bridgehead atoms. The highest BCUT2D eigenvalue weighted by Crippen LogP contribution is 2.46. The maximum absolute atomic E-state index is 2.49. The van der Waals surface area contributed by atoms with E-state index in [9.17, 15) is 0 Å². The van der Waals surface area contributed by atoms with E-state index >= 15 is 0 Å². The zero-order valence-electron chi connectivity index (χ0n) is 28.8. The van der Waals surface area contributed by atoms with Crippen LogP contribution in [-0.4, -0.2) is 4.57 Å². The number of hydrogen-bond donors (Lipinski definition) is 0. The van der Waals surface area contributed by atoms with Gasteiger partial charge in [0.05, 0.1) is 11.0 Å². The topological polar surface area (TPSA) is 8.17 Å². The molecule has 0 amide bonds. The summed E-state index contributed by atoms with van der Waals surface area (Å²) in [5, 5.41) is 10.0. The predicted molar refractivity (Wildman–Crippen MR) is 229 cm³/mol. The molecule has 11 rings (SSSR count). The molecule has 0 spiro atoms. The van der Waals surface area contributed by atoms with Gasteiger partial charge in [-0.2, -0.15) is 0 Å². The lowest BCUT2D eigenvalue weighted by molar-refractivity contribution is 1.19. The molecule has 0 saturated heterocycles. The van der Waals surface area contributed by atoms with Crippen LogP contribution in [0, 0.1) is 0 Å². The van der Waals surface area contributed by atoms with Crippen molar-refractivity contribution < 1.29 is 0 Å². The summed E-state index contributed by atoms with van der Waals surface area (Å²) in [6.07, 6.45) is 0. The van der Waals surface area contributed by atoms with Crippen molar-refractivity contribution in [3.05, 3.63) is 194 Å². The third-order valence-electron chi connectivity index (χ3n) is 10.7. The van der Waals surface area contributed by atoms with Crippen molar-refractivity contribution in [1.82, 2.24) is 4.57 Å². The van der Waals surface area contributed by atoms with Crippen molar-refractivity contribution in [2.75, 3.05) is 4.90 Å². The van der Waals surface area contributed by atoms with Gasteiger partial charge in [0.1, 0.15) is 0 Å². The van der Waals surface area contributed by atoms with Gasteiger partial charge in [0.15, 0.2) is 0 Å². The molecule has 0 atom stereocenters. The molecule has 0 N–H and O–H groups in total. The molecule has 0 saturated carbocycles. The third-order valence-corrected chi connectivity index (χ3v) is 11.8. The minimum Gasteiger partial charge on any atom is -0.310 e. The van der Waals surface area contributed by atoms with Gasteiger partial charge in [-0.3, -0.25) is 0 Å². The first-order valence-corrected chi connectivity index (χ1v) is 18.9. The van der Waals surface area contributed by atoms with Gasteiger partial charge < -0.3 is 9.47 Å². The van der Waals surface area contributed by atoms with Crippen molar-refractivity contribution in [3.63, 3.8) is 0 Å². The Bertz CT molecular complexity index is 3170. The average Bonchev–Trinajstić information content (AvgIpc) is 3.77. The Morgan fingerprint density at radius 2 is 1.06 bits per heavy atom. The average molecular weight is 693 g/mol. The standard InChI is InChI=1S/C50H32N2S/c1-3-14-34(15-4-1)44-30-36-17-9-10-20-41(36)50-49(44)45-31-39(26-28-46(45)52(50)38-24-23-33-13-7-8-16-35(33)29-38)51(37-18-5-2-6-19-37)40-25-27-43-42-21-11-12-22-47(42)53-48(43)32-40/h1-32H. The summed E-state index contributed by atoms with van der Waals surface area (Å²) in [7, 11) is 0. The number of thiophene rings is 1. The Labute approximate surface area is 311 Å². The van der Waals surface area contributed by atoms with Crippen molar-refractivity contribution >= 4 is 91.9 Å². The molecule has 11 aromatic rings. The summed E-state index contributed by atoms with van der Waals surface area (Å²) in [4.78, 5) is 2.41. The second-order valence-corrected chi connectivity index (χ2v) is 14.8. The molecular formula is C50H32N2S. The molecule has 2 heterocycles. The molecule has 3 heteroatoms. The first-order valence-electron chi connectivity index (χ1n) is 18.1. The van der Waals surface area contributed by atoms with Crippen molar-refractivity contribution in [3.8, 4) is 16.8 Å². The minimum absolute atomic E-state index is 1.12. The van der Waals surface area contributed by atoms with Gasteiger partial charge in [0.2, 0.25) is 0 Å². The number of anilines is 3. The van der Waals surface area contributed by atoms with Crippen LogP contribution in [0.5, 0.6) is 0 Å². The van der Waals surface area contributed by atoms with Crippen LogP contribution in [-0.2, 0) is 0 Å². The molecule has 2 nitrogen and oxygen atoms in total. The van der Waals surface area contributed by atoms with Gasteiger partial charge in [-0.15, -0.1) is 11.3 Å². The highest BCUT2D eigenvalue weighted by atomic mass is 32.1. The predicted octanol–water partition coefficient (Wildman–Crippen LogP) is 14.6. The van der Waals surface area contributed by atoms with E-state index in [0.717, 1.165) is 22.7 Å². The molecule has 0 aliphatic carbocycles. The van der Waals surface area contributed by atoms with E-state index in [0.29, 0.717) is 0 Å². The lowest BCUT2D eigenvalue weighted by atomic mass is 9.95. The maximum atomic E-state index is 2.49. The van der Waals surface area contributed by atoms with Gasteiger partial charge in [-0.25, -0.2) is 0 Å². The van der Waals surface area contributed by atoms with Crippen LogP contribution >= 0.6 is 11.3 Å². The fourth-order valence-electron chi connectivity index (χ4n) is 8.32. The Morgan fingerprint density at radius 1 is 0.396 bits per heavy atom. The van der Waals surface area contributed by atoms with Crippen molar-refractivity contribution in [2.45, 2.75) is 0 Å². The number of rotatable bonds is 5. The van der Waals surface area contributed by atoms with E-state index in [-0.39, 0.29) is 0 Å². The molecule has 0 aliphatic heterocycles. The first-order chi connectivity index (χ1) is 26.3. The minimum atomic E-state index is 1.12. The molecule has 9 aromatic carbocycles. The fourth-order valence-corrected chi connectivity index (χ4v) is 9.46. The SMILES string of the molecule is c1ccc(-c2cc3ccccc3c3c2c2cc(N(c4ccccc4)c4ccc5c(c4)sc4ccccc45)ccc2n3-c2ccc3ccccc3c2)cc1. The van der Waals surface area contributed by atoms with Crippen LogP contribution in [0.3, 0.4) is 0 Å². The normalized spacial score (nSPS) is 11.8. The van der Waals surface area contributed by atoms with Crippen LogP contribution < -0.4 is 4.90 Å². The smallest absolute Gasteiger partial charge is 0.0625 e. The second-order valence-electron chi connectivity index (χ2n) is 13.8. The number of aromatic nitrogens is 1. The van der Waals surface area contributed by atoms with Crippen LogP contribution in [0.15, 0.2) is 194 Å².